The molecule has 2 aromatic rings. The van der Waals surface area contributed by atoms with Crippen LogP contribution < -0.4 is 5.32 Å². The van der Waals surface area contributed by atoms with Crippen LogP contribution in [0.1, 0.15) is 25.3 Å². The molecule has 1 N–H and O–H groups in total. The van der Waals surface area contributed by atoms with Crippen molar-refractivity contribution < 1.29 is 4.42 Å². The first-order valence-electron chi connectivity index (χ1n) is 6.99. The van der Waals surface area contributed by atoms with Gasteiger partial charge in [-0.2, -0.15) is 0 Å². The van der Waals surface area contributed by atoms with Gasteiger partial charge in [0.05, 0.1) is 6.20 Å². The maximum absolute atomic E-state index is 5.83. The predicted octanol–water partition coefficient (Wildman–Crippen LogP) is 4.20. The highest BCUT2D eigenvalue weighted by molar-refractivity contribution is 9.10. The van der Waals surface area contributed by atoms with Crippen molar-refractivity contribution in [3.8, 4) is 11.3 Å². The molecule has 0 fully saturated rings. The largest absolute Gasteiger partial charge is 0.441 e. The molecular weight excluding hydrogens is 316 g/mol. The molecule has 0 saturated carbocycles. The summed E-state index contributed by atoms with van der Waals surface area (Å²) in [5, 5.41) is 3.39. The summed E-state index contributed by atoms with van der Waals surface area (Å²) in [6.45, 7) is 8.39. The highest BCUT2D eigenvalue weighted by Crippen LogP contribution is 2.31. The van der Waals surface area contributed by atoms with Crippen molar-refractivity contribution in [3.63, 3.8) is 0 Å². The van der Waals surface area contributed by atoms with Gasteiger partial charge in [0.25, 0.3) is 0 Å². The highest BCUT2D eigenvalue weighted by atomic mass is 79.9. The molecule has 1 aromatic carbocycles. The number of aryl methyl sites for hydroxylation is 1. The van der Waals surface area contributed by atoms with E-state index in [1.165, 1.54) is 5.56 Å². The summed E-state index contributed by atoms with van der Waals surface area (Å²) >= 11 is 3.61. The van der Waals surface area contributed by atoms with E-state index in [1.807, 2.05) is 12.1 Å². The van der Waals surface area contributed by atoms with Crippen LogP contribution in [0, 0.1) is 12.8 Å². The van der Waals surface area contributed by atoms with Crippen LogP contribution in [0.15, 0.2) is 33.3 Å². The van der Waals surface area contributed by atoms with Crippen LogP contribution in [0.5, 0.6) is 0 Å². The molecule has 1 aromatic heterocycles. The normalized spacial score (nSPS) is 11.2. The molecule has 0 aliphatic carbocycles. The van der Waals surface area contributed by atoms with Crippen molar-refractivity contribution >= 4 is 15.9 Å². The average Bonchev–Trinajstić information content (AvgIpc) is 2.86. The Hall–Kier alpha value is -1.13. The Labute approximate surface area is 128 Å². The number of nitrogens with zero attached hydrogens (tertiary/aromatic N) is 1. The Balaban J connectivity index is 2.00. The second kappa shape index (κ2) is 7.04. The summed E-state index contributed by atoms with van der Waals surface area (Å²) in [6, 6.07) is 6.14. The number of benzene rings is 1. The summed E-state index contributed by atoms with van der Waals surface area (Å²) in [7, 11) is 0. The van der Waals surface area contributed by atoms with Gasteiger partial charge in [-0.15, -0.1) is 0 Å². The summed E-state index contributed by atoms with van der Waals surface area (Å²) in [4.78, 5) is 4.35. The van der Waals surface area contributed by atoms with E-state index in [-0.39, 0.29) is 0 Å². The first-order valence-corrected chi connectivity index (χ1v) is 7.78. The molecule has 0 aliphatic heterocycles. The van der Waals surface area contributed by atoms with Crippen molar-refractivity contribution in [3.05, 3.63) is 40.3 Å². The number of aromatic nitrogens is 1. The van der Waals surface area contributed by atoms with E-state index >= 15 is 0 Å². The molecule has 0 atom stereocenters. The maximum Gasteiger partial charge on any atom is 0.196 e. The Kier molecular flexibility index (Phi) is 5.38. The van der Waals surface area contributed by atoms with E-state index in [0.717, 1.165) is 41.2 Å². The summed E-state index contributed by atoms with van der Waals surface area (Å²) in [5.74, 6) is 2.27. The molecule has 0 spiro atoms. The zero-order chi connectivity index (χ0) is 14.5. The van der Waals surface area contributed by atoms with E-state index in [9.17, 15) is 0 Å². The standard InChI is InChI=1S/C16H21BrN2O/c1-11(2)9-18-8-7-15-19-10-14(20-15)13-6-4-5-12(3)16(13)17/h4-6,10-11,18H,7-9H2,1-3H3. The average molecular weight is 337 g/mol. The van der Waals surface area contributed by atoms with E-state index in [4.69, 9.17) is 4.42 Å². The smallest absolute Gasteiger partial charge is 0.196 e. The topological polar surface area (TPSA) is 38.1 Å². The van der Waals surface area contributed by atoms with Crippen LogP contribution in [0.4, 0.5) is 0 Å². The fourth-order valence-electron chi connectivity index (χ4n) is 1.97. The van der Waals surface area contributed by atoms with Crippen LogP contribution in [0.3, 0.4) is 0 Å². The van der Waals surface area contributed by atoms with Gasteiger partial charge in [0, 0.05) is 23.0 Å². The van der Waals surface area contributed by atoms with Crippen LogP contribution in [-0.2, 0) is 6.42 Å². The minimum atomic E-state index is 0.665. The fourth-order valence-corrected chi connectivity index (χ4v) is 2.43. The number of halogens is 1. The zero-order valence-corrected chi connectivity index (χ0v) is 13.8. The number of oxazole rings is 1. The lowest BCUT2D eigenvalue weighted by Crippen LogP contribution is -2.22. The van der Waals surface area contributed by atoms with Crippen LogP contribution in [-0.4, -0.2) is 18.1 Å². The monoisotopic (exact) mass is 336 g/mol. The van der Waals surface area contributed by atoms with Crippen LogP contribution >= 0.6 is 15.9 Å². The number of rotatable bonds is 6. The third kappa shape index (κ3) is 3.93. The Bertz CT molecular complexity index is 563. The molecule has 0 bridgehead atoms. The van der Waals surface area contributed by atoms with Crippen molar-refractivity contribution in [1.82, 2.24) is 10.3 Å². The molecule has 0 aliphatic rings. The lowest BCUT2D eigenvalue weighted by molar-refractivity contribution is 0.483. The molecule has 3 nitrogen and oxygen atoms in total. The number of hydrogen-bond donors (Lipinski definition) is 1. The van der Waals surface area contributed by atoms with Gasteiger partial charge in [-0.25, -0.2) is 4.98 Å². The molecule has 20 heavy (non-hydrogen) atoms. The highest BCUT2D eigenvalue weighted by Gasteiger charge is 2.10. The van der Waals surface area contributed by atoms with Crippen molar-refractivity contribution in [2.75, 3.05) is 13.1 Å². The molecule has 0 unspecified atom stereocenters. The van der Waals surface area contributed by atoms with Crippen molar-refractivity contribution in [2.45, 2.75) is 27.2 Å². The van der Waals surface area contributed by atoms with Gasteiger partial charge in [0.1, 0.15) is 0 Å². The third-order valence-corrected chi connectivity index (χ3v) is 4.13. The Morgan fingerprint density at radius 1 is 1.35 bits per heavy atom. The van der Waals surface area contributed by atoms with Crippen LogP contribution in [0.2, 0.25) is 0 Å². The maximum atomic E-state index is 5.83. The van der Waals surface area contributed by atoms with Crippen molar-refractivity contribution in [2.24, 2.45) is 5.92 Å². The van der Waals surface area contributed by atoms with Gasteiger partial charge < -0.3 is 9.73 Å². The Morgan fingerprint density at radius 3 is 2.90 bits per heavy atom. The molecule has 108 valence electrons. The van der Waals surface area contributed by atoms with E-state index < -0.39 is 0 Å². The zero-order valence-electron chi connectivity index (χ0n) is 12.2. The molecule has 4 heteroatoms. The minimum Gasteiger partial charge on any atom is -0.441 e. The SMILES string of the molecule is Cc1cccc(-c2cnc(CCNCC(C)C)o2)c1Br. The summed E-state index contributed by atoms with van der Waals surface area (Å²) in [5.41, 5.74) is 2.25. The van der Waals surface area contributed by atoms with Crippen LogP contribution in [0.25, 0.3) is 11.3 Å². The van der Waals surface area contributed by atoms with Gasteiger partial charge in [-0.3, -0.25) is 0 Å². The number of nitrogens with one attached hydrogen (secondary N) is 1. The van der Waals surface area contributed by atoms with Gasteiger partial charge in [-0.05, 0) is 40.9 Å². The summed E-state index contributed by atoms with van der Waals surface area (Å²) in [6.07, 6.45) is 2.62. The van der Waals surface area contributed by atoms with E-state index in [1.54, 1.807) is 6.20 Å². The lowest BCUT2D eigenvalue weighted by atomic mass is 10.1. The molecular formula is C16H21BrN2O. The first kappa shape index (κ1) is 15.3. The number of hydrogen-bond acceptors (Lipinski definition) is 3. The summed E-state index contributed by atoms with van der Waals surface area (Å²) < 4.78 is 6.90. The van der Waals surface area contributed by atoms with E-state index in [0.29, 0.717) is 5.92 Å². The quantitative estimate of drug-likeness (QED) is 0.803. The van der Waals surface area contributed by atoms with Gasteiger partial charge in [0.2, 0.25) is 0 Å². The second-order valence-corrected chi connectivity index (χ2v) is 6.20. The van der Waals surface area contributed by atoms with Crippen molar-refractivity contribution in [1.29, 1.82) is 0 Å². The molecule has 2 rings (SSSR count). The van der Waals surface area contributed by atoms with Gasteiger partial charge >= 0.3 is 0 Å². The molecule has 0 radical (unpaired) electrons. The molecule has 0 amide bonds. The first-order chi connectivity index (χ1) is 9.58. The molecule has 0 saturated heterocycles. The Morgan fingerprint density at radius 2 is 2.15 bits per heavy atom. The third-order valence-electron chi connectivity index (χ3n) is 3.08. The minimum absolute atomic E-state index is 0.665. The predicted molar refractivity (Wildman–Crippen MR) is 85.8 cm³/mol. The van der Waals surface area contributed by atoms with E-state index in [2.05, 4.69) is 53.1 Å². The van der Waals surface area contributed by atoms with Gasteiger partial charge in [0.15, 0.2) is 11.7 Å². The lowest BCUT2D eigenvalue weighted by Gasteiger charge is -2.05. The fraction of sp³-hybridized carbons (Fsp3) is 0.438. The molecule has 1 heterocycles. The van der Waals surface area contributed by atoms with Gasteiger partial charge in [-0.1, -0.05) is 32.0 Å². The second-order valence-electron chi connectivity index (χ2n) is 5.40.